The molecule has 2 aromatic heterocycles. The van der Waals surface area contributed by atoms with Crippen molar-refractivity contribution in [2.24, 2.45) is 5.73 Å². The average Bonchev–Trinajstić information content (AvgIpc) is 2.77. The number of hydrogen-bond donors (Lipinski definition) is 1. The van der Waals surface area contributed by atoms with Crippen LogP contribution < -0.4 is 11.4 Å². The van der Waals surface area contributed by atoms with Crippen LogP contribution in [0.4, 0.5) is 4.39 Å². The number of aryl methyl sites for hydroxylation is 1. The number of aromatic nitrogens is 4. The Balaban J connectivity index is 0.00000220. The van der Waals surface area contributed by atoms with Crippen LogP contribution in [0.1, 0.15) is 5.56 Å². The first kappa shape index (κ1) is 17.5. The molecule has 0 saturated carbocycles. The molecule has 9 heteroatoms. The van der Waals surface area contributed by atoms with Crippen LogP contribution in [0.25, 0.3) is 5.69 Å². The summed E-state index contributed by atoms with van der Waals surface area (Å²) in [5.74, 6) is 0. The van der Waals surface area contributed by atoms with Crippen LogP contribution in [-0.4, -0.2) is 25.9 Å². The third-order valence-electron chi connectivity index (χ3n) is 2.81. The monoisotopic (exact) mass is 377 g/mol. The number of nitrogens with zero attached hydrogens (tertiary/aromatic N) is 4. The average molecular weight is 379 g/mol. The van der Waals surface area contributed by atoms with Crippen LogP contribution in [0.3, 0.4) is 0 Å². The van der Waals surface area contributed by atoms with E-state index < -0.39 is 0 Å². The van der Waals surface area contributed by atoms with E-state index in [1.807, 2.05) is 6.92 Å². The van der Waals surface area contributed by atoms with Gasteiger partial charge in [0.25, 0.3) is 0 Å². The summed E-state index contributed by atoms with van der Waals surface area (Å²) in [7, 11) is 0. The third kappa shape index (κ3) is 3.78. The summed E-state index contributed by atoms with van der Waals surface area (Å²) in [6.07, 6.45) is 3.35. The summed E-state index contributed by atoms with van der Waals surface area (Å²) in [6, 6.07) is 1.80. The zero-order valence-corrected chi connectivity index (χ0v) is 13.6. The maximum atomic E-state index is 12.5. The molecular formula is C12H14BrClFN5O. The Kier molecular flexibility index (Phi) is 6.25. The molecule has 0 aliphatic rings. The van der Waals surface area contributed by atoms with Gasteiger partial charge in [-0.2, -0.15) is 5.10 Å². The first-order valence-electron chi connectivity index (χ1n) is 5.82. The Hall–Kier alpha value is -1.51. The van der Waals surface area contributed by atoms with E-state index in [2.05, 4.69) is 26.0 Å². The van der Waals surface area contributed by atoms with Crippen LogP contribution in [0.15, 0.2) is 39.9 Å². The maximum absolute atomic E-state index is 12.5. The lowest BCUT2D eigenvalue weighted by Gasteiger charge is -2.05. The minimum Gasteiger partial charge on any atom is -0.327 e. The second kappa shape index (κ2) is 7.48. The minimum absolute atomic E-state index is 0. The van der Waals surface area contributed by atoms with Crippen LogP contribution >= 0.6 is 28.3 Å². The van der Waals surface area contributed by atoms with E-state index in [0.717, 1.165) is 10.2 Å². The first-order chi connectivity index (χ1) is 9.56. The van der Waals surface area contributed by atoms with Gasteiger partial charge in [0.15, 0.2) is 0 Å². The molecule has 0 bridgehead atoms. The lowest BCUT2D eigenvalue weighted by atomic mass is 10.2. The highest BCUT2D eigenvalue weighted by molar-refractivity contribution is 9.10. The largest absolute Gasteiger partial charge is 0.350 e. The van der Waals surface area contributed by atoms with Gasteiger partial charge in [-0.15, -0.1) is 12.4 Å². The van der Waals surface area contributed by atoms with E-state index >= 15 is 0 Å². The molecule has 0 fully saturated rings. The Bertz CT molecular complexity index is 712. The standard InChI is InChI=1S/C12H13BrFN5O.ClH/c1-8-2-11(13)16-5-10(8)18-7-17-19(12(18)20)6-9(3-14)4-15;/h2-3,5,7H,4,6,15H2,1H3;1H/b9-3+;. The van der Waals surface area contributed by atoms with E-state index in [1.54, 1.807) is 12.3 Å². The molecule has 2 aromatic rings. The van der Waals surface area contributed by atoms with Gasteiger partial charge in [-0.25, -0.2) is 23.4 Å². The predicted octanol–water partition coefficient (Wildman–Crippen LogP) is 1.73. The smallest absolute Gasteiger partial charge is 0.327 e. The van der Waals surface area contributed by atoms with Gasteiger partial charge >= 0.3 is 5.69 Å². The molecule has 0 radical (unpaired) electrons. The molecule has 0 aliphatic carbocycles. The van der Waals surface area contributed by atoms with E-state index in [1.165, 1.54) is 10.9 Å². The third-order valence-corrected chi connectivity index (χ3v) is 3.25. The summed E-state index contributed by atoms with van der Waals surface area (Å²) in [5, 5.41) is 3.96. The molecule has 6 nitrogen and oxygen atoms in total. The van der Waals surface area contributed by atoms with Gasteiger partial charge in [0.05, 0.1) is 24.8 Å². The van der Waals surface area contributed by atoms with Gasteiger partial charge in [-0.3, -0.25) is 0 Å². The molecule has 0 amide bonds. The van der Waals surface area contributed by atoms with Crippen LogP contribution in [0, 0.1) is 6.92 Å². The lowest BCUT2D eigenvalue weighted by Crippen LogP contribution is -2.26. The molecular weight excluding hydrogens is 365 g/mol. The van der Waals surface area contributed by atoms with E-state index in [-0.39, 0.29) is 31.2 Å². The Morgan fingerprint density at radius 1 is 1.57 bits per heavy atom. The van der Waals surface area contributed by atoms with Crippen LogP contribution in [-0.2, 0) is 6.54 Å². The normalized spacial score (nSPS) is 11.3. The number of halogens is 3. The van der Waals surface area contributed by atoms with Crippen molar-refractivity contribution in [3.63, 3.8) is 0 Å². The SMILES string of the molecule is Cc1cc(Br)ncc1-n1cnn(C/C(=C/F)CN)c1=O.Cl. The molecule has 114 valence electrons. The van der Waals surface area contributed by atoms with Crippen molar-refractivity contribution < 1.29 is 4.39 Å². The molecule has 2 N–H and O–H groups in total. The van der Waals surface area contributed by atoms with Gasteiger partial charge in [0.1, 0.15) is 10.9 Å². The molecule has 0 unspecified atom stereocenters. The first-order valence-corrected chi connectivity index (χ1v) is 6.61. The van der Waals surface area contributed by atoms with Crippen molar-refractivity contribution in [3.05, 3.63) is 51.1 Å². The van der Waals surface area contributed by atoms with Gasteiger partial charge in [0.2, 0.25) is 0 Å². The van der Waals surface area contributed by atoms with Gasteiger partial charge < -0.3 is 5.73 Å². The fourth-order valence-corrected chi connectivity index (χ4v) is 2.16. The number of nitrogens with two attached hydrogens (primary N) is 1. The van der Waals surface area contributed by atoms with E-state index in [9.17, 15) is 9.18 Å². The van der Waals surface area contributed by atoms with Crippen molar-refractivity contribution >= 4 is 28.3 Å². The summed E-state index contributed by atoms with van der Waals surface area (Å²) < 4.78 is 15.7. The zero-order chi connectivity index (χ0) is 14.7. The fourth-order valence-electron chi connectivity index (χ4n) is 1.71. The lowest BCUT2D eigenvalue weighted by molar-refractivity contribution is 0.612. The summed E-state index contributed by atoms with van der Waals surface area (Å²) in [6.45, 7) is 1.93. The summed E-state index contributed by atoms with van der Waals surface area (Å²) in [5.41, 5.74) is 6.79. The number of rotatable bonds is 4. The molecule has 2 heterocycles. The topological polar surface area (TPSA) is 78.7 Å². The predicted molar refractivity (Wildman–Crippen MR) is 83.5 cm³/mol. The Morgan fingerprint density at radius 3 is 2.86 bits per heavy atom. The quantitative estimate of drug-likeness (QED) is 0.822. The van der Waals surface area contributed by atoms with Crippen molar-refractivity contribution in [1.29, 1.82) is 0 Å². The fraction of sp³-hybridized carbons (Fsp3) is 0.250. The molecule has 21 heavy (non-hydrogen) atoms. The molecule has 0 saturated heterocycles. The van der Waals surface area contributed by atoms with Crippen molar-refractivity contribution in [2.75, 3.05) is 6.54 Å². The molecule has 0 aliphatic heterocycles. The van der Waals surface area contributed by atoms with E-state index in [4.69, 9.17) is 5.73 Å². The van der Waals surface area contributed by atoms with Crippen molar-refractivity contribution in [3.8, 4) is 5.69 Å². The number of hydrogen-bond acceptors (Lipinski definition) is 4. The molecule has 2 rings (SSSR count). The highest BCUT2D eigenvalue weighted by atomic mass is 79.9. The van der Waals surface area contributed by atoms with Crippen molar-refractivity contribution in [1.82, 2.24) is 19.3 Å². The van der Waals surface area contributed by atoms with Crippen LogP contribution in [0.2, 0.25) is 0 Å². The van der Waals surface area contributed by atoms with Crippen LogP contribution in [0.5, 0.6) is 0 Å². The van der Waals surface area contributed by atoms with E-state index in [0.29, 0.717) is 22.2 Å². The molecule has 0 aromatic carbocycles. The Morgan fingerprint density at radius 2 is 2.29 bits per heavy atom. The second-order valence-corrected chi connectivity index (χ2v) is 5.02. The maximum Gasteiger partial charge on any atom is 0.350 e. The summed E-state index contributed by atoms with van der Waals surface area (Å²) in [4.78, 5) is 16.3. The second-order valence-electron chi connectivity index (χ2n) is 4.21. The van der Waals surface area contributed by atoms with Gasteiger partial charge in [-0.05, 0) is 40.1 Å². The molecule has 0 spiro atoms. The highest BCUT2D eigenvalue weighted by Gasteiger charge is 2.10. The van der Waals surface area contributed by atoms with Crippen molar-refractivity contribution in [2.45, 2.75) is 13.5 Å². The summed E-state index contributed by atoms with van der Waals surface area (Å²) >= 11 is 3.26. The molecule has 0 atom stereocenters. The Labute approximate surface area is 135 Å². The van der Waals surface area contributed by atoms with Gasteiger partial charge in [-0.1, -0.05) is 0 Å². The van der Waals surface area contributed by atoms with Gasteiger partial charge in [0, 0.05) is 6.54 Å². The zero-order valence-electron chi connectivity index (χ0n) is 11.2. The number of pyridine rings is 1. The minimum atomic E-state index is -0.370. The highest BCUT2D eigenvalue weighted by Crippen LogP contribution is 2.15.